The Bertz CT molecular complexity index is 761. The van der Waals surface area contributed by atoms with Crippen LogP contribution in [0.4, 0.5) is 10.7 Å². The maximum Gasteiger partial charge on any atom is 0.191 e. The molecule has 0 amide bonds. The van der Waals surface area contributed by atoms with Crippen LogP contribution in [-0.2, 0) is 6.54 Å². The Labute approximate surface area is 182 Å². The van der Waals surface area contributed by atoms with Crippen molar-refractivity contribution in [2.75, 3.05) is 54.5 Å². The Kier molecular flexibility index (Phi) is 7.22. The molecule has 2 aliphatic heterocycles. The SMILES string of the molecule is CN=C(NCc1ccc(N2CCSCC2)cc1)NC1CCN(c2cccs2)CC1. The summed E-state index contributed by atoms with van der Waals surface area (Å²) in [5, 5.41) is 10.6. The van der Waals surface area contributed by atoms with E-state index in [4.69, 9.17) is 0 Å². The van der Waals surface area contributed by atoms with Crippen LogP contribution in [0.3, 0.4) is 0 Å². The first-order valence-corrected chi connectivity index (χ1v) is 12.5. The summed E-state index contributed by atoms with van der Waals surface area (Å²) in [5.74, 6) is 3.37. The second-order valence-electron chi connectivity index (χ2n) is 7.55. The molecule has 2 saturated heterocycles. The molecule has 0 unspecified atom stereocenters. The van der Waals surface area contributed by atoms with Gasteiger partial charge in [0.15, 0.2) is 5.96 Å². The van der Waals surface area contributed by atoms with Gasteiger partial charge in [0.25, 0.3) is 0 Å². The Balaban J connectivity index is 1.22. The van der Waals surface area contributed by atoms with Gasteiger partial charge in [0.2, 0.25) is 0 Å². The molecule has 0 radical (unpaired) electrons. The monoisotopic (exact) mass is 429 g/mol. The summed E-state index contributed by atoms with van der Waals surface area (Å²) in [5.41, 5.74) is 2.63. The fraction of sp³-hybridized carbons (Fsp3) is 0.500. The molecule has 2 fully saturated rings. The summed E-state index contributed by atoms with van der Waals surface area (Å²) in [6.07, 6.45) is 2.28. The lowest BCUT2D eigenvalue weighted by atomic mass is 10.1. The predicted molar refractivity (Wildman–Crippen MR) is 129 cm³/mol. The smallest absolute Gasteiger partial charge is 0.191 e. The number of nitrogens with one attached hydrogen (secondary N) is 2. The largest absolute Gasteiger partial charge is 0.370 e. The number of anilines is 2. The molecule has 5 nitrogen and oxygen atoms in total. The summed E-state index contributed by atoms with van der Waals surface area (Å²) < 4.78 is 0. The normalized spacial score (nSPS) is 18.7. The van der Waals surface area contributed by atoms with E-state index in [0.29, 0.717) is 6.04 Å². The number of benzene rings is 1. The second-order valence-corrected chi connectivity index (χ2v) is 9.70. The van der Waals surface area contributed by atoms with Crippen molar-refractivity contribution >= 4 is 39.7 Å². The molecule has 0 atom stereocenters. The molecule has 4 rings (SSSR count). The van der Waals surface area contributed by atoms with Crippen LogP contribution in [-0.4, -0.2) is 56.7 Å². The standard InChI is InChI=1S/C22H31N5S2/c1-23-22(25-19-8-10-27(11-9-19)21-3-2-14-29-21)24-17-18-4-6-20(7-5-18)26-12-15-28-16-13-26/h2-7,14,19H,8-13,15-17H2,1H3,(H2,23,24,25). The zero-order valence-electron chi connectivity index (χ0n) is 17.1. The molecular formula is C22H31N5S2. The molecule has 1 aromatic heterocycles. The Hall–Kier alpha value is -1.86. The van der Waals surface area contributed by atoms with Gasteiger partial charge in [-0.05, 0) is 48.1 Å². The predicted octanol–water partition coefficient (Wildman–Crippen LogP) is 3.64. The van der Waals surface area contributed by atoms with Gasteiger partial charge in [-0.3, -0.25) is 4.99 Å². The third-order valence-corrected chi connectivity index (χ3v) is 7.52. The van der Waals surface area contributed by atoms with Crippen molar-refractivity contribution in [3.63, 3.8) is 0 Å². The molecule has 29 heavy (non-hydrogen) atoms. The summed E-state index contributed by atoms with van der Waals surface area (Å²) >= 11 is 3.88. The first kappa shape index (κ1) is 20.4. The van der Waals surface area contributed by atoms with Crippen molar-refractivity contribution in [3.05, 3.63) is 47.3 Å². The number of aliphatic imine (C=N–C) groups is 1. The van der Waals surface area contributed by atoms with E-state index in [0.717, 1.165) is 51.5 Å². The van der Waals surface area contributed by atoms with Gasteiger partial charge in [0, 0.05) is 63.0 Å². The third-order valence-electron chi connectivity index (χ3n) is 5.65. The molecule has 0 bridgehead atoms. The zero-order valence-corrected chi connectivity index (χ0v) is 18.8. The fourth-order valence-electron chi connectivity index (χ4n) is 3.91. The van der Waals surface area contributed by atoms with E-state index in [-0.39, 0.29) is 0 Å². The van der Waals surface area contributed by atoms with E-state index in [1.807, 2.05) is 30.1 Å². The Morgan fingerprint density at radius 2 is 1.79 bits per heavy atom. The second kappa shape index (κ2) is 10.3. The van der Waals surface area contributed by atoms with Crippen molar-refractivity contribution in [3.8, 4) is 0 Å². The number of thiophene rings is 1. The maximum atomic E-state index is 4.43. The van der Waals surface area contributed by atoms with Crippen LogP contribution in [0.1, 0.15) is 18.4 Å². The number of guanidine groups is 1. The highest BCUT2D eigenvalue weighted by atomic mass is 32.2. The minimum absolute atomic E-state index is 0.483. The van der Waals surface area contributed by atoms with Crippen molar-refractivity contribution < 1.29 is 0 Å². The molecule has 3 heterocycles. The molecule has 0 saturated carbocycles. The van der Waals surface area contributed by atoms with Crippen LogP contribution >= 0.6 is 23.1 Å². The average molecular weight is 430 g/mol. The van der Waals surface area contributed by atoms with Gasteiger partial charge in [0.1, 0.15) is 0 Å². The number of thioether (sulfide) groups is 1. The van der Waals surface area contributed by atoms with Crippen LogP contribution < -0.4 is 20.4 Å². The average Bonchev–Trinajstić information content (AvgIpc) is 3.33. The molecule has 1 aromatic carbocycles. The van der Waals surface area contributed by atoms with Gasteiger partial charge < -0.3 is 20.4 Å². The van der Waals surface area contributed by atoms with Crippen LogP contribution in [0.5, 0.6) is 0 Å². The van der Waals surface area contributed by atoms with Crippen LogP contribution in [0.15, 0.2) is 46.8 Å². The van der Waals surface area contributed by atoms with Gasteiger partial charge >= 0.3 is 0 Å². The fourth-order valence-corrected chi connectivity index (χ4v) is 5.60. The Morgan fingerprint density at radius 1 is 1.03 bits per heavy atom. The quantitative estimate of drug-likeness (QED) is 0.561. The highest BCUT2D eigenvalue weighted by molar-refractivity contribution is 7.99. The van der Waals surface area contributed by atoms with Crippen LogP contribution in [0.25, 0.3) is 0 Å². The first-order valence-electron chi connectivity index (χ1n) is 10.5. The lowest BCUT2D eigenvalue weighted by Gasteiger charge is -2.33. The topological polar surface area (TPSA) is 42.9 Å². The molecule has 7 heteroatoms. The number of hydrogen-bond donors (Lipinski definition) is 2. The van der Waals surface area contributed by atoms with Gasteiger partial charge in [-0.2, -0.15) is 11.8 Å². The number of nitrogens with zero attached hydrogens (tertiary/aromatic N) is 3. The summed E-state index contributed by atoms with van der Waals surface area (Å²) in [6.45, 7) is 5.31. The minimum Gasteiger partial charge on any atom is -0.370 e. The molecule has 2 aliphatic rings. The van der Waals surface area contributed by atoms with E-state index in [1.54, 1.807) is 0 Å². The summed E-state index contributed by atoms with van der Waals surface area (Å²) in [7, 11) is 1.85. The first-order chi connectivity index (χ1) is 14.3. The van der Waals surface area contributed by atoms with E-state index < -0.39 is 0 Å². The lowest BCUT2D eigenvalue weighted by Crippen LogP contribution is -2.48. The van der Waals surface area contributed by atoms with Crippen molar-refractivity contribution in [1.29, 1.82) is 0 Å². The number of hydrogen-bond acceptors (Lipinski definition) is 5. The number of piperidine rings is 1. The highest BCUT2D eigenvalue weighted by Crippen LogP contribution is 2.25. The van der Waals surface area contributed by atoms with Crippen molar-refractivity contribution in [2.24, 2.45) is 4.99 Å². The summed E-state index contributed by atoms with van der Waals surface area (Å²) in [4.78, 5) is 9.40. The third kappa shape index (κ3) is 5.60. The number of rotatable bonds is 5. The molecule has 156 valence electrons. The molecule has 0 aliphatic carbocycles. The van der Waals surface area contributed by atoms with E-state index in [2.05, 4.69) is 67.2 Å². The summed E-state index contributed by atoms with van der Waals surface area (Å²) in [6, 6.07) is 13.8. The molecular weight excluding hydrogens is 398 g/mol. The van der Waals surface area contributed by atoms with E-state index >= 15 is 0 Å². The molecule has 0 spiro atoms. The molecule has 2 N–H and O–H groups in total. The van der Waals surface area contributed by atoms with Gasteiger partial charge in [-0.1, -0.05) is 12.1 Å². The zero-order chi connectivity index (χ0) is 19.9. The van der Waals surface area contributed by atoms with Crippen molar-refractivity contribution in [2.45, 2.75) is 25.4 Å². The van der Waals surface area contributed by atoms with E-state index in [1.165, 1.54) is 27.8 Å². The van der Waals surface area contributed by atoms with Gasteiger partial charge in [0.05, 0.1) is 5.00 Å². The Morgan fingerprint density at radius 3 is 2.45 bits per heavy atom. The lowest BCUT2D eigenvalue weighted by molar-refractivity contribution is 0.463. The van der Waals surface area contributed by atoms with Crippen molar-refractivity contribution in [1.82, 2.24) is 10.6 Å². The van der Waals surface area contributed by atoms with Crippen LogP contribution in [0, 0.1) is 0 Å². The minimum atomic E-state index is 0.483. The molecule has 2 aromatic rings. The highest BCUT2D eigenvalue weighted by Gasteiger charge is 2.20. The van der Waals surface area contributed by atoms with Gasteiger partial charge in [-0.25, -0.2) is 0 Å². The van der Waals surface area contributed by atoms with Crippen LogP contribution in [0.2, 0.25) is 0 Å². The van der Waals surface area contributed by atoms with Gasteiger partial charge in [-0.15, -0.1) is 11.3 Å². The van der Waals surface area contributed by atoms with E-state index in [9.17, 15) is 0 Å². The maximum absolute atomic E-state index is 4.43.